The van der Waals surface area contributed by atoms with Crippen LogP contribution in [0, 0.1) is 0 Å². The maximum Gasteiger partial charge on any atom is 0.272 e. The molecule has 3 aromatic heterocycles. The molecule has 0 spiro atoms. The number of rotatable bonds is 2. The van der Waals surface area contributed by atoms with Crippen LogP contribution in [-0.2, 0) is 0 Å². The highest BCUT2D eigenvalue weighted by atomic mass is 16.2. The van der Waals surface area contributed by atoms with E-state index in [1.807, 2.05) is 17.0 Å². The Morgan fingerprint density at radius 1 is 1.17 bits per heavy atom. The molecule has 1 atom stereocenters. The molecule has 4 rings (SSSR count). The lowest BCUT2D eigenvalue weighted by Gasteiger charge is -2.32. The molecule has 0 saturated carbocycles. The summed E-state index contributed by atoms with van der Waals surface area (Å²) in [5, 5.41) is 7.26. The largest absolute Gasteiger partial charge is 0.337 e. The number of carbonyl (C=O) groups excluding carboxylic acids is 1. The Morgan fingerprint density at radius 2 is 2.09 bits per heavy atom. The third-order valence-electron chi connectivity index (χ3n) is 4.22. The Labute approximate surface area is 132 Å². The van der Waals surface area contributed by atoms with Gasteiger partial charge in [-0.3, -0.25) is 14.9 Å². The smallest absolute Gasteiger partial charge is 0.272 e. The number of hydrogen-bond acceptors (Lipinski definition) is 5. The average molecular weight is 308 g/mol. The van der Waals surface area contributed by atoms with Crippen LogP contribution in [0.2, 0.25) is 0 Å². The van der Waals surface area contributed by atoms with Crippen LogP contribution in [-0.4, -0.2) is 49.0 Å². The third kappa shape index (κ3) is 2.54. The van der Waals surface area contributed by atoms with E-state index in [0.717, 1.165) is 30.6 Å². The van der Waals surface area contributed by atoms with Crippen LogP contribution in [0.5, 0.6) is 0 Å². The molecular formula is C16H16N6O. The molecule has 7 heteroatoms. The zero-order valence-electron chi connectivity index (χ0n) is 12.5. The Balaban J connectivity index is 1.59. The first-order valence-electron chi connectivity index (χ1n) is 7.68. The molecule has 23 heavy (non-hydrogen) atoms. The van der Waals surface area contributed by atoms with E-state index in [9.17, 15) is 4.79 Å². The van der Waals surface area contributed by atoms with Crippen LogP contribution in [0.3, 0.4) is 0 Å². The van der Waals surface area contributed by atoms with Crippen molar-refractivity contribution >= 4 is 17.1 Å². The first-order valence-corrected chi connectivity index (χ1v) is 7.68. The maximum atomic E-state index is 12.6. The Morgan fingerprint density at radius 3 is 2.96 bits per heavy atom. The second-order valence-electron chi connectivity index (χ2n) is 5.67. The second-order valence-corrected chi connectivity index (χ2v) is 5.67. The molecule has 1 N–H and O–H groups in total. The average Bonchev–Trinajstić information content (AvgIpc) is 3.06. The third-order valence-corrected chi connectivity index (χ3v) is 4.22. The van der Waals surface area contributed by atoms with E-state index in [1.54, 1.807) is 24.7 Å². The highest BCUT2D eigenvalue weighted by molar-refractivity contribution is 5.92. The molecule has 0 unspecified atom stereocenters. The summed E-state index contributed by atoms with van der Waals surface area (Å²) in [6.45, 7) is 1.40. The minimum absolute atomic E-state index is 0.0230. The number of aromatic nitrogens is 5. The molecule has 4 heterocycles. The standard InChI is InChI=1S/C16H16N6O/c23-16(12-5-1-2-6-17-12)22-9-3-4-11(10-22)13-14-15(21-20-13)19-8-7-18-14/h1-2,5-8,11H,3-4,9-10H2,(H,19,20,21)/t11-/m1/s1. The van der Waals surface area contributed by atoms with E-state index < -0.39 is 0 Å². The lowest BCUT2D eigenvalue weighted by atomic mass is 9.94. The van der Waals surface area contributed by atoms with Crippen molar-refractivity contribution in [3.63, 3.8) is 0 Å². The number of piperidine rings is 1. The molecule has 0 aromatic carbocycles. The first kappa shape index (κ1) is 13.8. The van der Waals surface area contributed by atoms with Crippen LogP contribution >= 0.6 is 0 Å². The fourth-order valence-electron chi connectivity index (χ4n) is 3.10. The number of nitrogens with zero attached hydrogens (tertiary/aromatic N) is 5. The molecular weight excluding hydrogens is 292 g/mol. The number of H-pyrrole nitrogens is 1. The topological polar surface area (TPSA) is 87.7 Å². The molecule has 0 bridgehead atoms. The van der Waals surface area contributed by atoms with Gasteiger partial charge in [0.05, 0.1) is 5.69 Å². The minimum Gasteiger partial charge on any atom is -0.337 e. The van der Waals surface area contributed by atoms with Crippen molar-refractivity contribution in [2.75, 3.05) is 13.1 Å². The van der Waals surface area contributed by atoms with E-state index in [4.69, 9.17) is 0 Å². The number of aromatic amines is 1. The van der Waals surface area contributed by atoms with Crippen molar-refractivity contribution in [3.8, 4) is 0 Å². The number of amides is 1. The SMILES string of the molecule is O=C(c1ccccn1)N1CCC[C@@H](c2[nH]nc3nccnc23)C1. The van der Waals surface area contributed by atoms with Gasteiger partial charge in [0.15, 0.2) is 5.65 Å². The summed E-state index contributed by atoms with van der Waals surface area (Å²) < 4.78 is 0. The van der Waals surface area contributed by atoms with Gasteiger partial charge < -0.3 is 4.90 Å². The Hall–Kier alpha value is -2.83. The van der Waals surface area contributed by atoms with E-state index in [-0.39, 0.29) is 11.8 Å². The van der Waals surface area contributed by atoms with E-state index in [0.29, 0.717) is 17.9 Å². The molecule has 3 aromatic rings. The molecule has 1 amide bonds. The van der Waals surface area contributed by atoms with Gasteiger partial charge in [0.2, 0.25) is 0 Å². The number of likely N-dealkylation sites (tertiary alicyclic amines) is 1. The van der Waals surface area contributed by atoms with Crippen LogP contribution < -0.4 is 0 Å². The number of nitrogens with one attached hydrogen (secondary N) is 1. The van der Waals surface area contributed by atoms with Crippen molar-refractivity contribution in [1.29, 1.82) is 0 Å². The normalized spacial score (nSPS) is 18.3. The van der Waals surface area contributed by atoms with Gasteiger partial charge >= 0.3 is 0 Å². The predicted octanol–water partition coefficient (Wildman–Crippen LogP) is 1.77. The molecule has 1 saturated heterocycles. The first-order chi connectivity index (χ1) is 11.3. The summed E-state index contributed by atoms with van der Waals surface area (Å²) in [7, 11) is 0. The van der Waals surface area contributed by atoms with Gasteiger partial charge in [-0.1, -0.05) is 6.07 Å². The van der Waals surface area contributed by atoms with Crippen LogP contribution in [0.1, 0.15) is 34.9 Å². The van der Waals surface area contributed by atoms with Gasteiger partial charge in [-0.25, -0.2) is 9.97 Å². The summed E-state index contributed by atoms with van der Waals surface area (Å²) in [6.07, 6.45) is 6.89. The van der Waals surface area contributed by atoms with Gasteiger partial charge in [0.1, 0.15) is 11.2 Å². The summed E-state index contributed by atoms with van der Waals surface area (Å²) in [6, 6.07) is 5.40. The lowest BCUT2D eigenvalue weighted by molar-refractivity contribution is 0.0700. The highest BCUT2D eigenvalue weighted by Gasteiger charge is 2.28. The van der Waals surface area contributed by atoms with Crippen LogP contribution in [0.15, 0.2) is 36.8 Å². The van der Waals surface area contributed by atoms with E-state index in [1.165, 1.54) is 0 Å². The van der Waals surface area contributed by atoms with Gasteiger partial charge in [-0.2, -0.15) is 5.10 Å². The van der Waals surface area contributed by atoms with E-state index >= 15 is 0 Å². The summed E-state index contributed by atoms with van der Waals surface area (Å²) in [4.78, 5) is 27.2. The van der Waals surface area contributed by atoms with Crippen molar-refractivity contribution in [2.24, 2.45) is 0 Å². The number of fused-ring (bicyclic) bond motifs is 1. The molecule has 7 nitrogen and oxygen atoms in total. The summed E-state index contributed by atoms with van der Waals surface area (Å²) in [5.41, 5.74) is 2.87. The van der Waals surface area contributed by atoms with Crippen molar-refractivity contribution < 1.29 is 4.79 Å². The molecule has 1 fully saturated rings. The van der Waals surface area contributed by atoms with Gasteiger partial charge in [-0.15, -0.1) is 0 Å². The molecule has 0 radical (unpaired) electrons. The second kappa shape index (κ2) is 5.75. The number of pyridine rings is 1. The fourth-order valence-corrected chi connectivity index (χ4v) is 3.10. The number of hydrogen-bond donors (Lipinski definition) is 1. The maximum absolute atomic E-state index is 12.6. The minimum atomic E-state index is -0.0230. The fraction of sp³-hybridized carbons (Fsp3) is 0.312. The monoisotopic (exact) mass is 308 g/mol. The van der Waals surface area contributed by atoms with Crippen LogP contribution in [0.4, 0.5) is 0 Å². The highest BCUT2D eigenvalue weighted by Crippen LogP contribution is 2.29. The van der Waals surface area contributed by atoms with Crippen molar-refractivity contribution in [2.45, 2.75) is 18.8 Å². The zero-order chi connectivity index (χ0) is 15.6. The molecule has 1 aliphatic heterocycles. The zero-order valence-corrected chi connectivity index (χ0v) is 12.5. The quantitative estimate of drug-likeness (QED) is 0.779. The predicted molar refractivity (Wildman–Crippen MR) is 83.8 cm³/mol. The molecule has 1 aliphatic rings. The van der Waals surface area contributed by atoms with Gasteiger partial charge in [0.25, 0.3) is 5.91 Å². The van der Waals surface area contributed by atoms with Gasteiger partial charge in [0, 0.05) is 37.6 Å². The number of carbonyl (C=O) groups is 1. The Bertz CT molecular complexity index is 831. The molecule has 0 aliphatic carbocycles. The lowest BCUT2D eigenvalue weighted by Crippen LogP contribution is -2.39. The molecule has 116 valence electrons. The van der Waals surface area contributed by atoms with Gasteiger partial charge in [-0.05, 0) is 25.0 Å². The summed E-state index contributed by atoms with van der Waals surface area (Å²) in [5.74, 6) is 0.170. The van der Waals surface area contributed by atoms with Crippen molar-refractivity contribution in [1.82, 2.24) is 30.0 Å². The van der Waals surface area contributed by atoms with Crippen molar-refractivity contribution in [3.05, 3.63) is 48.2 Å². The van der Waals surface area contributed by atoms with E-state index in [2.05, 4.69) is 25.1 Å². The summed E-state index contributed by atoms with van der Waals surface area (Å²) >= 11 is 0. The Kier molecular flexibility index (Phi) is 3.45. The van der Waals surface area contributed by atoms with Crippen LogP contribution in [0.25, 0.3) is 11.2 Å².